The summed E-state index contributed by atoms with van der Waals surface area (Å²) < 4.78 is 18.5. The van der Waals surface area contributed by atoms with Crippen LogP contribution in [-0.2, 0) is 0 Å². The van der Waals surface area contributed by atoms with Crippen molar-refractivity contribution < 1.29 is 4.39 Å². The van der Waals surface area contributed by atoms with Crippen molar-refractivity contribution in [3.8, 4) is 5.69 Å². The van der Waals surface area contributed by atoms with Crippen LogP contribution in [-0.4, -0.2) is 18.7 Å². The van der Waals surface area contributed by atoms with Gasteiger partial charge in [0.15, 0.2) is 11.2 Å². The first-order chi connectivity index (χ1) is 15.1. The van der Waals surface area contributed by atoms with Gasteiger partial charge in [-0.1, -0.05) is 49.2 Å². The Morgan fingerprint density at radius 1 is 1.03 bits per heavy atom. The van der Waals surface area contributed by atoms with Crippen LogP contribution >= 0.6 is 0 Å². The number of fused-ring (bicyclic) bond motifs is 1. The van der Waals surface area contributed by atoms with Crippen molar-refractivity contribution in [2.24, 2.45) is 0 Å². The van der Waals surface area contributed by atoms with Crippen LogP contribution < -0.4 is 11.2 Å². The zero-order valence-corrected chi connectivity index (χ0v) is 17.2. The van der Waals surface area contributed by atoms with E-state index in [4.69, 9.17) is 0 Å². The van der Waals surface area contributed by atoms with E-state index in [9.17, 15) is 14.0 Å². The van der Waals surface area contributed by atoms with Crippen molar-refractivity contribution >= 4 is 11.2 Å². The Bertz CT molecular complexity index is 1360. The molecule has 1 aliphatic rings. The lowest BCUT2D eigenvalue weighted by molar-refractivity contribution is 0.473. The molecule has 158 valence electrons. The van der Waals surface area contributed by atoms with Gasteiger partial charge in [-0.25, -0.2) is 18.7 Å². The molecule has 0 aliphatic heterocycles. The van der Waals surface area contributed by atoms with Gasteiger partial charge in [-0.05, 0) is 43.5 Å². The Morgan fingerprint density at radius 2 is 1.77 bits per heavy atom. The highest BCUT2D eigenvalue weighted by molar-refractivity contribution is 5.73. The minimum atomic E-state index is -0.465. The van der Waals surface area contributed by atoms with Crippen LogP contribution in [0.1, 0.15) is 50.3 Å². The van der Waals surface area contributed by atoms with Crippen molar-refractivity contribution in [1.82, 2.24) is 18.7 Å². The lowest BCUT2D eigenvalue weighted by atomic mass is 10.1. The van der Waals surface area contributed by atoms with E-state index in [1.165, 1.54) is 21.3 Å². The number of rotatable bonds is 4. The molecule has 0 unspecified atom stereocenters. The Hall–Kier alpha value is -3.48. The number of aromatic nitrogens is 4. The van der Waals surface area contributed by atoms with Crippen LogP contribution in [0.4, 0.5) is 4.39 Å². The molecular formula is C24H23FN4O2. The fourth-order valence-corrected chi connectivity index (χ4v) is 4.64. The van der Waals surface area contributed by atoms with Gasteiger partial charge in [-0.3, -0.25) is 9.36 Å². The molecule has 31 heavy (non-hydrogen) atoms. The fourth-order valence-electron chi connectivity index (χ4n) is 4.64. The van der Waals surface area contributed by atoms with Crippen molar-refractivity contribution in [2.45, 2.75) is 44.7 Å². The third-order valence-electron chi connectivity index (χ3n) is 6.26. The number of hydrogen-bond acceptors (Lipinski definition) is 3. The molecule has 1 aliphatic carbocycles. The summed E-state index contributed by atoms with van der Waals surface area (Å²) >= 11 is 0. The van der Waals surface area contributed by atoms with E-state index < -0.39 is 11.5 Å². The van der Waals surface area contributed by atoms with Crippen LogP contribution in [0.2, 0.25) is 0 Å². The summed E-state index contributed by atoms with van der Waals surface area (Å²) in [5, 5.41) is 0. The monoisotopic (exact) mass is 418 g/mol. The van der Waals surface area contributed by atoms with Gasteiger partial charge in [-0.15, -0.1) is 0 Å². The largest absolute Gasteiger partial charge is 0.337 e. The Balaban J connectivity index is 1.83. The molecular weight excluding hydrogens is 395 g/mol. The quantitative estimate of drug-likeness (QED) is 0.499. The topological polar surface area (TPSA) is 61.8 Å². The van der Waals surface area contributed by atoms with Gasteiger partial charge in [-0.2, -0.15) is 0 Å². The molecule has 1 saturated carbocycles. The predicted octanol–water partition coefficient (Wildman–Crippen LogP) is 4.21. The highest BCUT2D eigenvalue weighted by Gasteiger charge is 2.27. The molecule has 0 spiro atoms. The normalized spacial score (nSPS) is 15.5. The summed E-state index contributed by atoms with van der Waals surface area (Å²) in [6, 6.07) is 15.4. The van der Waals surface area contributed by atoms with Crippen molar-refractivity contribution in [1.29, 1.82) is 0 Å². The van der Waals surface area contributed by atoms with E-state index in [-0.39, 0.29) is 23.3 Å². The molecule has 0 amide bonds. The molecule has 2 aromatic carbocycles. The molecule has 7 heteroatoms. The highest BCUT2D eigenvalue weighted by atomic mass is 19.1. The van der Waals surface area contributed by atoms with Crippen molar-refractivity contribution in [3.63, 3.8) is 0 Å². The minimum Gasteiger partial charge on any atom is -0.317 e. The third-order valence-corrected chi connectivity index (χ3v) is 6.26. The fraction of sp³-hybridized carbons (Fsp3) is 0.292. The molecule has 1 atom stereocenters. The van der Waals surface area contributed by atoms with Crippen molar-refractivity contribution in [2.75, 3.05) is 0 Å². The summed E-state index contributed by atoms with van der Waals surface area (Å²) in [4.78, 5) is 31.6. The second-order valence-corrected chi connectivity index (χ2v) is 8.12. The maximum Gasteiger partial charge on any atom is 0.337 e. The van der Waals surface area contributed by atoms with Gasteiger partial charge in [0.05, 0.1) is 18.1 Å². The van der Waals surface area contributed by atoms with Crippen molar-refractivity contribution in [3.05, 3.63) is 93.1 Å². The van der Waals surface area contributed by atoms with Crippen LogP contribution in [0.5, 0.6) is 0 Å². The van der Waals surface area contributed by atoms with E-state index >= 15 is 0 Å². The van der Waals surface area contributed by atoms with Gasteiger partial charge >= 0.3 is 5.69 Å². The smallest absolute Gasteiger partial charge is 0.317 e. The van der Waals surface area contributed by atoms with Gasteiger partial charge in [0.2, 0.25) is 0 Å². The summed E-state index contributed by atoms with van der Waals surface area (Å²) in [5.41, 5.74) is 1.19. The summed E-state index contributed by atoms with van der Waals surface area (Å²) in [5.74, 6) is -0.451. The first-order valence-corrected chi connectivity index (χ1v) is 10.6. The molecule has 4 aromatic rings. The second kappa shape index (κ2) is 7.65. The molecule has 0 saturated heterocycles. The Morgan fingerprint density at radius 3 is 2.48 bits per heavy atom. The summed E-state index contributed by atoms with van der Waals surface area (Å²) in [6.45, 7) is 1.99. The van der Waals surface area contributed by atoms with E-state index in [0.717, 1.165) is 31.2 Å². The minimum absolute atomic E-state index is 0.153. The van der Waals surface area contributed by atoms with Crippen LogP contribution in [0.15, 0.2) is 70.5 Å². The molecule has 6 nitrogen and oxygen atoms in total. The Labute approximate surface area is 178 Å². The maximum atomic E-state index is 14.0. The molecule has 2 heterocycles. The highest BCUT2D eigenvalue weighted by Crippen LogP contribution is 2.28. The SMILES string of the molecule is C[C@H](c1ccccc1)n1cnc2c1c(=O)n(C1CCCC1)c(=O)n2-c1cccc(F)c1. The average Bonchev–Trinajstić information content (AvgIpc) is 3.45. The Kier molecular flexibility index (Phi) is 4.81. The summed E-state index contributed by atoms with van der Waals surface area (Å²) in [7, 11) is 0. The first kappa shape index (κ1) is 19.5. The van der Waals surface area contributed by atoms with Gasteiger partial charge in [0.25, 0.3) is 5.56 Å². The summed E-state index contributed by atoms with van der Waals surface area (Å²) in [6.07, 6.45) is 5.12. The second-order valence-electron chi connectivity index (χ2n) is 8.12. The number of halogens is 1. The van der Waals surface area contributed by atoms with E-state index in [1.54, 1.807) is 18.5 Å². The molecule has 1 fully saturated rings. The number of hydrogen-bond donors (Lipinski definition) is 0. The van der Waals surface area contributed by atoms with E-state index in [0.29, 0.717) is 11.2 Å². The molecule has 2 aromatic heterocycles. The van der Waals surface area contributed by atoms with Crippen LogP contribution in [0.3, 0.4) is 0 Å². The average molecular weight is 418 g/mol. The molecule has 0 bridgehead atoms. The number of benzene rings is 2. The number of nitrogens with zero attached hydrogens (tertiary/aromatic N) is 4. The standard InChI is InChI=1S/C24H23FN4O2/c1-16(17-8-3-2-4-9-17)27-15-26-22-21(27)23(30)29(19-11-5-6-12-19)24(31)28(22)20-13-7-10-18(25)14-20/h2-4,7-10,13-16,19H,5-6,11-12H2,1H3/t16-/m1/s1. The van der Waals surface area contributed by atoms with E-state index in [1.807, 2.05) is 41.8 Å². The number of imidazole rings is 1. The van der Waals surface area contributed by atoms with Gasteiger partial charge in [0.1, 0.15) is 5.82 Å². The molecule has 0 radical (unpaired) electrons. The zero-order chi connectivity index (χ0) is 21.5. The third kappa shape index (κ3) is 3.21. The van der Waals surface area contributed by atoms with Gasteiger partial charge < -0.3 is 4.57 Å². The maximum absolute atomic E-state index is 14.0. The zero-order valence-electron chi connectivity index (χ0n) is 17.2. The van der Waals surface area contributed by atoms with E-state index in [2.05, 4.69) is 4.98 Å². The molecule has 0 N–H and O–H groups in total. The molecule has 5 rings (SSSR count). The first-order valence-electron chi connectivity index (χ1n) is 10.6. The predicted molar refractivity (Wildman–Crippen MR) is 117 cm³/mol. The van der Waals surface area contributed by atoms with Crippen LogP contribution in [0, 0.1) is 5.82 Å². The lowest BCUT2D eigenvalue weighted by Gasteiger charge is -2.19. The van der Waals surface area contributed by atoms with Crippen LogP contribution in [0.25, 0.3) is 16.9 Å². The lowest BCUT2D eigenvalue weighted by Crippen LogP contribution is -2.42. The van der Waals surface area contributed by atoms with Gasteiger partial charge in [0, 0.05) is 6.04 Å².